The number of anilines is 1. The van der Waals surface area contributed by atoms with E-state index in [1.165, 1.54) is 30.0 Å². The Morgan fingerprint density at radius 2 is 1.93 bits per heavy atom. The largest absolute Gasteiger partial charge is 0.457 e. The smallest absolute Gasteiger partial charge is 0.311 e. The van der Waals surface area contributed by atoms with Crippen LogP contribution in [0.25, 0.3) is 0 Å². The summed E-state index contributed by atoms with van der Waals surface area (Å²) in [6.45, 7) is 4.23. The van der Waals surface area contributed by atoms with Gasteiger partial charge in [0, 0.05) is 24.2 Å². The number of carbonyl (C=O) groups is 4. The van der Waals surface area contributed by atoms with Gasteiger partial charge < -0.3 is 14.6 Å². The molecule has 0 unspecified atom stereocenters. The second-order valence-electron chi connectivity index (χ2n) is 7.07. The zero-order chi connectivity index (χ0) is 21.3. The summed E-state index contributed by atoms with van der Waals surface area (Å²) in [7, 11) is 0. The zero-order valence-corrected chi connectivity index (χ0v) is 16.4. The molecule has 3 rings (SSSR count). The van der Waals surface area contributed by atoms with Gasteiger partial charge in [-0.3, -0.25) is 19.2 Å². The monoisotopic (exact) mass is 400 g/mol. The van der Waals surface area contributed by atoms with Crippen molar-refractivity contribution >= 4 is 29.1 Å². The minimum absolute atomic E-state index is 0.0120. The predicted molar refractivity (Wildman–Crippen MR) is 102 cm³/mol. The van der Waals surface area contributed by atoms with E-state index in [0.29, 0.717) is 16.8 Å². The number of esters is 1. The average molecular weight is 400 g/mol. The van der Waals surface area contributed by atoms with Crippen LogP contribution in [0.5, 0.6) is 0 Å². The number of hydrogen-bond donors (Lipinski definition) is 1. The number of amides is 1. The molecule has 0 bridgehead atoms. The number of nitrogens with zero attached hydrogens (tertiary/aromatic N) is 1. The van der Waals surface area contributed by atoms with Gasteiger partial charge in [0.1, 0.15) is 5.82 Å². The van der Waals surface area contributed by atoms with Crippen molar-refractivity contribution in [2.24, 2.45) is 5.92 Å². The summed E-state index contributed by atoms with van der Waals surface area (Å²) in [5.41, 5.74) is 1.86. The lowest BCUT2D eigenvalue weighted by atomic mass is 10.1. The number of aromatic amines is 1. The molecule has 0 spiro atoms. The van der Waals surface area contributed by atoms with Gasteiger partial charge in [-0.15, -0.1) is 0 Å². The maximum Gasteiger partial charge on any atom is 0.311 e. The summed E-state index contributed by atoms with van der Waals surface area (Å²) in [6.07, 6.45) is -0.115. The highest BCUT2D eigenvalue weighted by atomic mass is 19.1. The van der Waals surface area contributed by atoms with Crippen LogP contribution >= 0.6 is 0 Å². The van der Waals surface area contributed by atoms with Gasteiger partial charge in [-0.1, -0.05) is 12.1 Å². The molecule has 2 aromatic rings. The van der Waals surface area contributed by atoms with Gasteiger partial charge in [0.05, 0.1) is 17.3 Å². The molecule has 1 atom stereocenters. The number of Topliss-reactive ketones (excluding diaryl/α,β-unsaturated/α-hetero) is 2. The molecule has 29 heavy (non-hydrogen) atoms. The first kappa shape index (κ1) is 20.4. The van der Waals surface area contributed by atoms with Crippen molar-refractivity contribution < 1.29 is 28.3 Å². The molecule has 1 saturated heterocycles. The van der Waals surface area contributed by atoms with Gasteiger partial charge in [-0.05, 0) is 38.5 Å². The first-order valence-corrected chi connectivity index (χ1v) is 9.15. The van der Waals surface area contributed by atoms with E-state index in [1.54, 1.807) is 19.9 Å². The Labute approximate surface area is 166 Å². The van der Waals surface area contributed by atoms with Crippen LogP contribution < -0.4 is 4.90 Å². The molecule has 1 amide bonds. The highest BCUT2D eigenvalue weighted by Gasteiger charge is 2.37. The Balaban J connectivity index is 1.64. The maximum atomic E-state index is 13.9. The molecular weight excluding hydrogens is 379 g/mol. The van der Waals surface area contributed by atoms with Crippen molar-refractivity contribution in [3.63, 3.8) is 0 Å². The molecule has 0 aliphatic carbocycles. The summed E-state index contributed by atoms with van der Waals surface area (Å²) >= 11 is 0. The van der Waals surface area contributed by atoms with E-state index in [-0.39, 0.29) is 36.0 Å². The minimum atomic E-state index is -0.783. The molecule has 0 radical (unpaired) electrons. The van der Waals surface area contributed by atoms with Gasteiger partial charge in [0.25, 0.3) is 0 Å². The lowest BCUT2D eigenvalue weighted by Gasteiger charge is -2.17. The van der Waals surface area contributed by atoms with Crippen molar-refractivity contribution in [2.75, 3.05) is 18.1 Å². The molecule has 0 saturated carbocycles. The molecule has 1 aromatic heterocycles. The second-order valence-corrected chi connectivity index (χ2v) is 7.07. The van der Waals surface area contributed by atoms with Crippen LogP contribution in [-0.4, -0.2) is 41.6 Å². The first-order valence-electron chi connectivity index (χ1n) is 9.15. The molecule has 7 nitrogen and oxygen atoms in total. The zero-order valence-electron chi connectivity index (χ0n) is 16.4. The summed E-state index contributed by atoms with van der Waals surface area (Å²) in [5, 5.41) is 0. The standard InChI is InChI=1S/C21H21FN2O5/c1-11-19(13(3)25)12(2)23-20(11)17(26)10-29-21(28)14-8-18(27)24(9-14)16-7-5-4-6-15(16)22/h4-7,14,23H,8-10H2,1-3H3/t14-/m1/s1. The van der Waals surface area contributed by atoms with Gasteiger partial charge in [0.15, 0.2) is 12.4 Å². The molecule has 152 valence electrons. The van der Waals surface area contributed by atoms with Crippen LogP contribution in [0.1, 0.15) is 45.4 Å². The van der Waals surface area contributed by atoms with Gasteiger partial charge in [0.2, 0.25) is 11.7 Å². The molecule has 2 heterocycles. The summed E-state index contributed by atoms with van der Waals surface area (Å²) < 4.78 is 19.0. The highest BCUT2D eigenvalue weighted by Crippen LogP contribution is 2.28. The van der Waals surface area contributed by atoms with Crippen molar-refractivity contribution in [1.29, 1.82) is 0 Å². The number of benzene rings is 1. The fraction of sp³-hybridized carbons (Fsp3) is 0.333. The molecule has 1 aliphatic heterocycles. The van der Waals surface area contributed by atoms with Crippen LogP contribution in [-0.2, 0) is 14.3 Å². The lowest BCUT2D eigenvalue weighted by molar-refractivity contribution is -0.147. The number of ether oxygens (including phenoxy) is 1. The number of nitrogens with one attached hydrogen (secondary N) is 1. The number of aryl methyl sites for hydroxylation is 1. The number of carbonyl (C=O) groups excluding carboxylic acids is 4. The number of hydrogen-bond acceptors (Lipinski definition) is 5. The fourth-order valence-corrected chi connectivity index (χ4v) is 3.65. The Hall–Kier alpha value is -3.29. The van der Waals surface area contributed by atoms with Crippen LogP contribution in [0.4, 0.5) is 10.1 Å². The quantitative estimate of drug-likeness (QED) is 0.594. The van der Waals surface area contributed by atoms with E-state index >= 15 is 0 Å². The topological polar surface area (TPSA) is 96.5 Å². The molecule has 1 aliphatic rings. The van der Waals surface area contributed by atoms with Gasteiger partial charge in [-0.25, -0.2) is 4.39 Å². The molecule has 1 fully saturated rings. The van der Waals surface area contributed by atoms with Crippen LogP contribution in [0.15, 0.2) is 24.3 Å². The normalized spacial score (nSPS) is 16.2. The Kier molecular flexibility index (Phi) is 5.63. The number of para-hydroxylation sites is 1. The molecular formula is C21H21FN2O5. The van der Waals surface area contributed by atoms with Gasteiger partial charge >= 0.3 is 5.97 Å². The van der Waals surface area contributed by atoms with E-state index in [2.05, 4.69) is 4.98 Å². The van der Waals surface area contributed by atoms with E-state index < -0.39 is 30.1 Å². The summed E-state index contributed by atoms with van der Waals surface area (Å²) in [4.78, 5) is 52.7. The fourth-order valence-electron chi connectivity index (χ4n) is 3.65. The molecule has 1 aromatic carbocycles. The Bertz CT molecular complexity index is 1010. The Morgan fingerprint density at radius 1 is 1.24 bits per heavy atom. The Morgan fingerprint density at radius 3 is 2.55 bits per heavy atom. The number of aromatic nitrogens is 1. The predicted octanol–water partition coefficient (Wildman–Crippen LogP) is 2.75. The third-order valence-corrected chi connectivity index (χ3v) is 5.02. The molecule has 8 heteroatoms. The average Bonchev–Trinajstić information content (AvgIpc) is 3.19. The van der Waals surface area contributed by atoms with E-state index in [1.807, 2.05) is 0 Å². The van der Waals surface area contributed by atoms with Crippen LogP contribution in [0, 0.1) is 25.6 Å². The summed E-state index contributed by atoms with van der Waals surface area (Å²) in [6, 6.07) is 5.82. The van der Waals surface area contributed by atoms with Crippen LogP contribution in [0.3, 0.4) is 0 Å². The molecule has 1 N–H and O–H groups in total. The maximum absolute atomic E-state index is 13.9. The van der Waals surface area contributed by atoms with Gasteiger partial charge in [-0.2, -0.15) is 0 Å². The number of rotatable bonds is 6. The third kappa shape index (κ3) is 3.96. The van der Waals surface area contributed by atoms with Crippen molar-refractivity contribution in [3.05, 3.63) is 52.6 Å². The number of H-pyrrole nitrogens is 1. The summed E-state index contributed by atoms with van der Waals surface area (Å²) in [5.74, 6) is -3.05. The number of ketones is 2. The second kappa shape index (κ2) is 7.98. The van der Waals surface area contributed by atoms with E-state index in [0.717, 1.165) is 0 Å². The minimum Gasteiger partial charge on any atom is -0.457 e. The first-order chi connectivity index (χ1) is 13.7. The SMILES string of the molecule is CC(=O)c1c(C)[nH]c(C(=O)COC(=O)[C@@H]2CC(=O)N(c3ccccc3F)C2)c1C. The third-order valence-electron chi connectivity index (χ3n) is 5.02. The lowest BCUT2D eigenvalue weighted by Crippen LogP contribution is -2.28. The number of halogens is 1. The van der Waals surface area contributed by atoms with Crippen molar-refractivity contribution in [3.8, 4) is 0 Å². The van der Waals surface area contributed by atoms with E-state index in [9.17, 15) is 23.6 Å². The van der Waals surface area contributed by atoms with E-state index in [4.69, 9.17) is 4.74 Å². The van der Waals surface area contributed by atoms with Crippen molar-refractivity contribution in [2.45, 2.75) is 27.2 Å². The highest BCUT2D eigenvalue weighted by molar-refractivity contribution is 6.04. The van der Waals surface area contributed by atoms with Crippen LogP contribution in [0.2, 0.25) is 0 Å². The van der Waals surface area contributed by atoms with Crippen molar-refractivity contribution in [1.82, 2.24) is 4.98 Å².